The number of hydrogen-bond donors (Lipinski definition) is 1. The van der Waals surface area contributed by atoms with Crippen LogP contribution in [0.5, 0.6) is 0 Å². The van der Waals surface area contributed by atoms with Gasteiger partial charge in [-0.1, -0.05) is 19.6 Å². The lowest BCUT2D eigenvalue weighted by Gasteiger charge is -2.13. The van der Waals surface area contributed by atoms with Crippen molar-refractivity contribution in [3.05, 3.63) is 25.4 Å². The number of hydrogen-bond acceptors (Lipinski definition) is 2. The summed E-state index contributed by atoms with van der Waals surface area (Å²) < 4.78 is 0. The molecule has 1 aliphatic heterocycles. The molecule has 0 saturated carbocycles. The van der Waals surface area contributed by atoms with E-state index in [2.05, 4.69) is 18.5 Å². The first-order chi connectivity index (χ1) is 8.15. The summed E-state index contributed by atoms with van der Waals surface area (Å²) in [6.45, 7) is 10.2. The Balaban J connectivity index is 0.000000325. The summed E-state index contributed by atoms with van der Waals surface area (Å²) in [6.07, 6.45) is 6.93. The molecule has 1 aliphatic rings. The number of nitrogens with zero attached hydrogens (tertiary/aromatic N) is 1. The van der Waals surface area contributed by atoms with Crippen molar-refractivity contribution >= 4 is 11.8 Å². The average Bonchev–Trinajstić information content (AvgIpc) is 2.54. The molecule has 17 heavy (non-hydrogen) atoms. The fraction of sp³-hybridized carbons (Fsp3) is 0.538. The minimum Gasteiger partial charge on any atom is -0.353 e. The summed E-state index contributed by atoms with van der Waals surface area (Å²) >= 11 is 0. The van der Waals surface area contributed by atoms with Crippen LogP contribution in [-0.4, -0.2) is 29.8 Å². The summed E-state index contributed by atoms with van der Waals surface area (Å²) in [7, 11) is 0. The molecule has 4 nitrogen and oxygen atoms in total. The summed E-state index contributed by atoms with van der Waals surface area (Å²) in [5, 5.41) is 2.54. The van der Waals surface area contributed by atoms with Crippen molar-refractivity contribution in [3.8, 4) is 0 Å². The molecule has 4 heteroatoms. The Morgan fingerprint density at radius 3 is 2.59 bits per heavy atom. The Morgan fingerprint density at radius 2 is 2.12 bits per heavy atom. The van der Waals surface area contributed by atoms with E-state index < -0.39 is 0 Å². The van der Waals surface area contributed by atoms with Crippen LogP contribution in [0.4, 0.5) is 0 Å². The predicted molar refractivity (Wildman–Crippen MR) is 69.3 cm³/mol. The van der Waals surface area contributed by atoms with Crippen LogP contribution in [0.2, 0.25) is 0 Å². The van der Waals surface area contributed by atoms with Crippen LogP contribution in [0.15, 0.2) is 25.4 Å². The van der Waals surface area contributed by atoms with E-state index in [9.17, 15) is 9.59 Å². The first kappa shape index (κ1) is 15.4. The minimum atomic E-state index is -0.109. The highest BCUT2D eigenvalue weighted by atomic mass is 16.2. The third kappa shape index (κ3) is 7.33. The van der Waals surface area contributed by atoms with Gasteiger partial charge in [-0.3, -0.25) is 9.59 Å². The van der Waals surface area contributed by atoms with Gasteiger partial charge < -0.3 is 10.2 Å². The Labute approximate surface area is 103 Å². The van der Waals surface area contributed by atoms with Gasteiger partial charge in [0.05, 0.1) is 0 Å². The van der Waals surface area contributed by atoms with Gasteiger partial charge in [0.1, 0.15) is 0 Å². The second kappa shape index (κ2) is 9.63. The average molecular weight is 238 g/mol. The molecule has 1 saturated heterocycles. The van der Waals surface area contributed by atoms with Crippen LogP contribution < -0.4 is 5.32 Å². The quantitative estimate of drug-likeness (QED) is 0.763. The summed E-state index contributed by atoms with van der Waals surface area (Å²) in [5.74, 6) is 0.120. The first-order valence-electron chi connectivity index (χ1n) is 5.98. The number of likely N-dealkylation sites (N-methyl/N-ethyl adjacent to an activating group) is 1. The van der Waals surface area contributed by atoms with Crippen molar-refractivity contribution in [3.63, 3.8) is 0 Å². The SMILES string of the molecule is C=CC(=O)NCC.C=CN1CCCCCC1=O. The maximum atomic E-state index is 11.1. The highest BCUT2D eigenvalue weighted by Gasteiger charge is 2.12. The molecule has 0 atom stereocenters. The molecular formula is C13H22N2O2. The van der Waals surface area contributed by atoms with Gasteiger partial charge in [-0.15, -0.1) is 0 Å². The Kier molecular flexibility index (Phi) is 8.74. The zero-order valence-electron chi connectivity index (χ0n) is 10.6. The monoisotopic (exact) mass is 238 g/mol. The number of carbonyl (C=O) groups is 2. The Bertz CT molecular complexity index is 275. The number of carbonyl (C=O) groups excluding carboxylic acids is 2. The zero-order chi connectivity index (χ0) is 13.1. The van der Waals surface area contributed by atoms with Crippen LogP contribution in [0.3, 0.4) is 0 Å². The van der Waals surface area contributed by atoms with Gasteiger partial charge in [0.25, 0.3) is 0 Å². The van der Waals surface area contributed by atoms with Crippen LogP contribution >= 0.6 is 0 Å². The van der Waals surface area contributed by atoms with Gasteiger partial charge in [0.15, 0.2) is 0 Å². The van der Waals surface area contributed by atoms with E-state index in [4.69, 9.17) is 0 Å². The fourth-order valence-corrected chi connectivity index (χ4v) is 1.44. The van der Waals surface area contributed by atoms with Gasteiger partial charge in [0.2, 0.25) is 11.8 Å². The van der Waals surface area contributed by atoms with E-state index in [1.54, 1.807) is 11.1 Å². The van der Waals surface area contributed by atoms with Crippen molar-refractivity contribution in [2.24, 2.45) is 0 Å². The van der Waals surface area contributed by atoms with Gasteiger partial charge in [-0.2, -0.15) is 0 Å². The zero-order valence-corrected chi connectivity index (χ0v) is 10.6. The molecule has 0 bridgehead atoms. The molecule has 0 aromatic rings. The molecule has 1 fully saturated rings. The molecule has 0 spiro atoms. The van der Waals surface area contributed by atoms with Crippen LogP contribution in [-0.2, 0) is 9.59 Å². The van der Waals surface area contributed by atoms with Gasteiger partial charge in [0, 0.05) is 19.5 Å². The smallest absolute Gasteiger partial charge is 0.243 e. The third-order valence-corrected chi connectivity index (χ3v) is 2.37. The highest BCUT2D eigenvalue weighted by Crippen LogP contribution is 2.10. The Morgan fingerprint density at radius 1 is 1.41 bits per heavy atom. The summed E-state index contributed by atoms with van der Waals surface area (Å²) in [4.78, 5) is 23.0. The molecule has 2 amide bonds. The van der Waals surface area contributed by atoms with E-state index in [1.807, 2.05) is 6.92 Å². The topological polar surface area (TPSA) is 49.4 Å². The molecule has 1 N–H and O–H groups in total. The molecule has 1 heterocycles. The van der Waals surface area contributed by atoms with E-state index in [-0.39, 0.29) is 11.8 Å². The second-order valence-corrected chi connectivity index (χ2v) is 3.68. The van der Waals surface area contributed by atoms with Gasteiger partial charge in [-0.05, 0) is 32.0 Å². The number of amides is 2. The lowest BCUT2D eigenvalue weighted by molar-refractivity contribution is -0.128. The van der Waals surface area contributed by atoms with Crippen LogP contribution in [0, 0.1) is 0 Å². The number of rotatable bonds is 3. The van der Waals surface area contributed by atoms with Crippen LogP contribution in [0.1, 0.15) is 32.6 Å². The largest absolute Gasteiger partial charge is 0.353 e. The van der Waals surface area contributed by atoms with Crippen molar-refractivity contribution in [2.45, 2.75) is 32.6 Å². The van der Waals surface area contributed by atoms with Crippen LogP contribution in [0.25, 0.3) is 0 Å². The van der Waals surface area contributed by atoms with Crippen molar-refractivity contribution in [2.75, 3.05) is 13.1 Å². The lowest BCUT2D eigenvalue weighted by Crippen LogP contribution is -2.23. The molecule has 0 unspecified atom stereocenters. The molecule has 0 radical (unpaired) electrons. The van der Waals surface area contributed by atoms with E-state index in [0.717, 1.165) is 19.4 Å². The maximum Gasteiger partial charge on any atom is 0.243 e. The molecule has 0 aromatic heterocycles. The van der Waals surface area contributed by atoms with E-state index >= 15 is 0 Å². The first-order valence-corrected chi connectivity index (χ1v) is 5.98. The summed E-state index contributed by atoms with van der Waals surface area (Å²) in [6, 6.07) is 0. The molecular weight excluding hydrogens is 216 g/mol. The van der Waals surface area contributed by atoms with Crippen molar-refractivity contribution < 1.29 is 9.59 Å². The van der Waals surface area contributed by atoms with Crippen molar-refractivity contribution in [1.29, 1.82) is 0 Å². The van der Waals surface area contributed by atoms with Gasteiger partial charge >= 0.3 is 0 Å². The normalized spacial score (nSPS) is 15.1. The highest BCUT2D eigenvalue weighted by molar-refractivity contribution is 5.86. The Hall–Kier alpha value is -1.58. The summed E-state index contributed by atoms with van der Waals surface area (Å²) in [5.41, 5.74) is 0. The van der Waals surface area contributed by atoms with E-state index in [1.165, 1.54) is 12.5 Å². The lowest BCUT2D eigenvalue weighted by atomic mass is 10.2. The fourth-order valence-electron chi connectivity index (χ4n) is 1.44. The standard InChI is InChI=1S/C8H13NO.C5H9NO/c1-2-9-7-5-3-4-6-8(9)10;1-3-5(7)6-4-2/h2H,1,3-7H2;3H,1,4H2,2H3,(H,6,7). The predicted octanol–water partition coefficient (Wildman–Crippen LogP) is 1.84. The molecule has 96 valence electrons. The van der Waals surface area contributed by atoms with E-state index in [0.29, 0.717) is 13.0 Å². The third-order valence-electron chi connectivity index (χ3n) is 2.37. The number of likely N-dealkylation sites (tertiary alicyclic amines) is 1. The number of nitrogens with one attached hydrogen (secondary N) is 1. The molecule has 0 aliphatic carbocycles. The molecule has 0 aromatic carbocycles. The maximum absolute atomic E-state index is 11.1. The second-order valence-electron chi connectivity index (χ2n) is 3.68. The van der Waals surface area contributed by atoms with Crippen molar-refractivity contribution in [1.82, 2.24) is 10.2 Å². The van der Waals surface area contributed by atoms with Gasteiger partial charge in [-0.25, -0.2) is 0 Å². The molecule has 1 rings (SSSR count). The minimum absolute atomic E-state index is 0.109.